The second-order valence-corrected chi connectivity index (χ2v) is 8.45. The molecular formula is C19H23F3N4O6. The quantitative estimate of drug-likeness (QED) is 0.375. The number of rotatable bonds is 4. The van der Waals surface area contributed by atoms with Gasteiger partial charge in [-0.2, -0.15) is 13.2 Å². The number of anilines is 1. The summed E-state index contributed by atoms with van der Waals surface area (Å²) in [4.78, 5) is 49.0. The van der Waals surface area contributed by atoms with E-state index in [-0.39, 0.29) is 6.54 Å². The van der Waals surface area contributed by atoms with Crippen LogP contribution in [0.25, 0.3) is 0 Å². The van der Waals surface area contributed by atoms with Crippen LogP contribution in [0.3, 0.4) is 0 Å². The monoisotopic (exact) mass is 460 g/mol. The maximum absolute atomic E-state index is 13.4. The average molecular weight is 460 g/mol. The van der Waals surface area contributed by atoms with Crippen LogP contribution in [-0.2, 0) is 15.7 Å². The summed E-state index contributed by atoms with van der Waals surface area (Å²) in [6.07, 6.45) is -6.04. The van der Waals surface area contributed by atoms with Gasteiger partial charge in [-0.1, -0.05) is 0 Å². The molecule has 32 heavy (non-hydrogen) atoms. The number of imide groups is 1. The highest BCUT2D eigenvalue weighted by Gasteiger charge is 2.56. The summed E-state index contributed by atoms with van der Waals surface area (Å²) >= 11 is 0. The molecule has 1 aromatic carbocycles. The minimum atomic E-state index is -5.11. The Morgan fingerprint density at radius 2 is 1.78 bits per heavy atom. The number of amides is 4. The molecule has 0 unspecified atom stereocenters. The van der Waals surface area contributed by atoms with Gasteiger partial charge in [-0.25, -0.2) is 24.5 Å². The summed E-state index contributed by atoms with van der Waals surface area (Å²) < 4.78 is 45.4. The first kappa shape index (κ1) is 24.9. The molecule has 10 nitrogen and oxygen atoms in total. The Balaban J connectivity index is 2.57. The number of hydrogen-bond acceptors (Lipinski definition) is 6. The third-order valence-electron chi connectivity index (χ3n) is 4.51. The lowest BCUT2D eigenvalue weighted by atomic mass is 10.0. The predicted octanol–water partition coefficient (Wildman–Crippen LogP) is 4.33. The first-order valence-corrected chi connectivity index (χ1v) is 9.48. The summed E-state index contributed by atoms with van der Waals surface area (Å²) in [5.41, 5.74) is -5.93. The van der Waals surface area contributed by atoms with Crippen molar-refractivity contribution in [1.29, 1.82) is 0 Å². The van der Waals surface area contributed by atoms with E-state index in [2.05, 4.69) is 0 Å². The fourth-order valence-corrected chi connectivity index (χ4v) is 3.13. The molecule has 0 aliphatic carbocycles. The molecule has 0 N–H and O–H groups in total. The Kier molecular flexibility index (Phi) is 6.18. The fourth-order valence-electron chi connectivity index (χ4n) is 3.13. The molecular weight excluding hydrogens is 437 g/mol. The zero-order valence-corrected chi connectivity index (χ0v) is 18.3. The molecule has 0 atom stereocenters. The topological polar surface area (TPSA) is 113 Å². The number of alkyl halides is 3. The third-order valence-corrected chi connectivity index (χ3v) is 4.51. The number of nitro benzene ring substituents is 1. The summed E-state index contributed by atoms with van der Waals surface area (Å²) in [7, 11) is 0. The van der Waals surface area contributed by atoms with Crippen LogP contribution < -0.4 is 4.90 Å². The Hall–Kier alpha value is -3.38. The Bertz CT molecular complexity index is 971. The summed E-state index contributed by atoms with van der Waals surface area (Å²) in [6, 6.07) is 0.693. The number of halogens is 3. The van der Waals surface area contributed by atoms with E-state index in [1.165, 1.54) is 20.8 Å². The van der Waals surface area contributed by atoms with Gasteiger partial charge in [0, 0.05) is 12.6 Å². The van der Waals surface area contributed by atoms with Crippen LogP contribution in [0.4, 0.5) is 34.1 Å². The van der Waals surface area contributed by atoms with E-state index in [1.54, 1.807) is 20.8 Å². The molecule has 1 heterocycles. The molecule has 1 saturated heterocycles. The molecule has 0 spiro atoms. The van der Waals surface area contributed by atoms with Crippen LogP contribution in [0.2, 0.25) is 0 Å². The van der Waals surface area contributed by atoms with Gasteiger partial charge in [-0.15, -0.1) is 0 Å². The second-order valence-electron chi connectivity index (χ2n) is 8.45. The number of hydrazine groups is 1. The Morgan fingerprint density at radius 3 is 2.22 bits per heavy atom. The highest BCUT2D eigenvalue weighted by atomic mass is 19.4. The van der Waals surface area contributed by atoms with Gasteiger partial charge >= 0.3 is 18.3 Å². The molecule has 0 saturated carbocycles. The summed E-state index contributed by atoms with van der Waals surface area (Å²) in [6.45, 7) is 8.87. The highest BCUT2D eigenvalue weighted by Crippen LogP contribution is 2.40. The second kappa shape index (κ2) is 7.95. The van der Waals surface area contributed by atoms with E-state index in [0.29, 0.717) is 17.0 Å². The van der Waals surface area contributed by atoms with Crippen LogP contribution in [-0.4, -0.2) is 50.7 Å². The SMILES string of the molecule is CCN(C(=O)OC(C)(C)C)N1C(=O)N(c2ccc([N+](=O)[O-])c(C(F)(F)F)c2)C(=O)C1(C)C. The minimum Gasteiger partial charge on any atom is -0.442 e. The standard InChI is InChI=1S/C19H23F3N4O6/c1-7-23(16(29)32-17(2,3)4)25-15(28)24(14(27)18(25,5)6)11-8-9-13(26(30)31)12(10-11)19(20,21)22/h8-10H,7H2,1-6H3. The largest absolute Gasteiger partial charge is 0.442 e. The van der Waals surface area contributed by atoms with Gasteiger partial charge in [0.25, 0.3) is 11.6 Å². The lowest BCUT2D eigenvalue weighted by Crippen LogP contribution is -2.57. The van der Waals surface area contributed by atoms with Gasteiger partial charge in [0.15, 0.2) is 0 Å². The average Bonchev–Trinajstić information content (AvgIpc) is 2.79. The van der Waals surface area contributed by atoms with Crippen molar-refractivity contribution in [2.75, 3.05) is 11.4 Å². The summed E-state index contributed by atoms with van der Waals surface area (Å²) in [5, 5.41) is 12.7. The predicted molar refractivity (Wildman–Crippen MR) is 106 cm³/mol. The zero-order valence-electron chi connectivity index (χ0n) is 18.3. The first-order valence-electron chi connectivity index (χ1n) is 9.48. The van der Waals surface area contributed by atoms with Crippen molar-refractivity contribution >= 4 is 29.4 Å². The van der Waals surface area contributed by atoms with Crippen molar-refractivity contribution in [3.8, 4) is 0 Å². The van der Waals surface area contributed by atoms with Crippen molar-refractivity contribution in [2.45, 2.75) is 58.9 Å². The number of ether oxygens (including phenoxy) is 1. The number of nitro groups is 1. The van der Waals surface area contributed by atoms with Gasteiger partial charge < -0.3 is 4.74 Å². The smallest absolute Gasteiger partial charge is 0.429 e. The van der Waals surface area contributed by atoms with Crippen LogP contribution in [0, 0.1) is 10.1 Å². The highest BCUT2D eigenvalue weighted by molar-refractivity contribution is 6.23. The number of benzene rings is 1. The number of carbonyl (C=O) groups excluding carboxylic acids is 3. The lowest BCUT2D eigenvalue weighted by molar-refractivity contribution is -0.388. The molecule has 0 bridgehead atoms. The van der Waals surface area contributed by atoms with Gasteiger partial charge in [-0.05, 0) is 53.7 Å². The van der Waals surface area contributed by atoms with Gasteiger partial charge in [0.05, 0.1) is 10.6 Å². The maximum Gasteiger partial charge on any atom is 0.429 e. The number of hydrogen-bond donors (Lipinski definition) is 0. The van der Waals surface area contributed by atoms with Gasteiger partial charge in [-0.3, -0.25) is 14.9 Å². The van der Waals surface area contributed by atoms with E-state index < -0.39 is 57.2 Å². The molecule has 1 aliphatic heterocycles. The zero-order chi connectivity index (χ0) is 24.8. The Labute approximate surface area is 181 Å². The molecule has 2 rings (SSSR count). The third kappa shape index (κ3) is 4.46. The fraction of sp³-hybridized carbons (Fsp3) is 0.526. The first-order chi connectivity index (χ1) is 14.4. The lowest BCUT2D eigenvalue weighted by Gasteiger charge is -2.37. The molecule has 0 aromatic heterocycles. The minimum absolute atomic E-state index is 0.0841. The summed E-state index contributed by atoms with van der Waals surface area (Å²) in [5.74, 6) is -0.925. The van der Waals surface area contributed by atoms with Gasteiger partial charge in [0.2, 0.25) is 0 Å². The van der Waals surface area contributed by atoms with Crippen molar-refractivity contribution in [3.63, 3.8) is 0 Å². The maximum atomic E-state index is 13.4. The van der Waals surface area contributed by atoms with E-state index in [4.69, 9.17) is 4.74 Å². The number of nitrogens with zero attached hydrogens (tertiary/aromatic N) is 4. The van der Waals surface area contributed by atoms with Crippen molar-refractivity contribution in [2.24, 2.45) is 0 Å². The van der Waals surface area contributed by atoms with E-state index in [0.717, 1.165) is 16.1 Å². The molecule has 13 heteroatoms. The molecule has 1 aromatic rings. The molecule has 1 aliphatic rings. The Morgan fingerprint density at radius 1 is 1.22 bits per heavy atom. The van der Waals surface area contributed by atoms with E-state index in [9.17, 15) is 37.7 Å². The van der Waals surface area contributed by atoms with E-state index >= 15 is 0 Å². The number of urea groups is 1. The van der Waals surface area contributed by atoms with Crippen LogP contribution in [0.5, 0.6) is 0 Å². The van der Waals surface area contributed by atoms with Crippen molar-refractivity contribution < 1.29 is 37.2 Å². The van der Waals surface area contributed by atoms with Crippen LogP contribution in [0.1, 0.15) is 47.1 Å². The molecule has 4 amide bonds. The van der Waals surface area contributed by atoms with Crippen molar-refractivity contribution in [1.82, 2.24) is 10.0 Å². The van der Waals surface area contributed by atoms with Crippen LogP contribution >= 0.6 is 0 Å². The van der Waals surface area contributed by atoms with Crippen molar-refractivity contribution in [3.05, 3.63) is 33.9 Å². The van der Waals surface area contributed by atoms with Crippen LogP contribution in [0.15, 0.2) is 18.2 Å². The molecule has 1 fully saturated rings. The number of carbonyl (C=O) groups is 3. The molecule has 0 radical (unpaired) electrons. The van der Waals surface area contributed by atoms with Gasteiger partial charge in [0.1, 0.15) is 16.7 Å². The van der Waals surface area contributed by atoms with E-state index in [1.807, 2.05) is 0 Å². The molecule has 176 valence electrons. The normalized spacial score (nSPS) is 16.4.